The van der Waals surface area contributed by atoms with E-state index in [2.05, 4.69) is 215 Å². The van der Waals surface area contributed by atoms with Crippen LogP contribution in [0.1, 0.15) is 212 Å². The second-order valence-corrected chi connectivity index (χ2v) is 49.5. The molecule has 720 valence electrons. The lowest BCUT2D eigenvalue weighted by Crippen LogP contribution is -2.52. The number of benzene rings is 9. The maximum absolute atomic E-state index is 14.1. The number of ether oxygens (including phenoxy) is 9. The van der Waals surface area contributed by atoms with E-state index in [-0.39, 0.29) is 63.3 Å². The normalized spacial score (nSPS) is 22.2. The summed E-state index contributed by atoms with van der Waals surface area (Å²) in [5, 5.41) is -13.7. The Morgan fingerprint density at radius 1 is 0.341 bits per heavy atom. The molecule has 3 aliphatic heterocycles. The van der Waals surface area contributed by atoms with Crippen LogP contribution in [0.15, 0.2) is 262 Å². The van der Waals surface area contributed by atoms with Gasteiger partial charge in [0.1, 0.15) is 17.2 Å². The van der Waals surface area contributed by atoms with Crippen molar-refractivity contribution in [3.63, 3.8) is 0 Å². The summed E-state index contributed by atoms with van der Waals surface area (Å²) >= 11 is 0. The zero-order chi connectivity index (χ0) is 98.0. The fourth-order valence-corrected chi connectivity index (χ4v) is 23.0. The summed E-state index contributed by atoms with van der Waals surface area (Å²) < 4.78 is 237. The smallest absolute Gasteiger partial charge is 0.369 e. The Hall–Kier alpha value is -7.50. The van der Waals surface area contributed by atoms with Gasteiger partial charge in [-0.05, 0) is 288 Å². The van der Waals surface area contributed by atoms with Crippen LogP contribution in [0.25, 0.3) is 0 Å². The molecule has 9 aromatic carbocycles. The highest BCUT2D eigenvalue weighted by atomic mass is 32.2. The molecule has 0 spiro atoms. The summed E-state index contributed by atoms with van der Waals surface area (Å²) in [4.78, 5) is 8.93. The van der Waals surface area contributed by atoms with Gasteiger partial charge in [-0.3, -0.25) is 0 Å². The molecule has 30 heteroatoms. The van der Waals surface area contributed by atoms with E-state index < -0.39 is 114 Å². The summed E-state index contributed by atoms with van der Waals surface area (Å²) in [7, 11) is -19.4. The quantitative estimate of drug-likeness (QED) is 0.0263. The monoisotopic (exact) mass is 1940 g/mol. The summed E-state index contributed by atoms with van der Waals surface area (Å²) in [5.41, 5.74) is 6.15. The molecule has 0 amide bonds. The first-order chi connectivity index (χ1) is 60.9. The van der Waals surface area contributed by atoms with Crippen molar-refractivity contribution in [2.24, 2.45) is 23.2 Å². The predicted octanol–water partition coefficient (Wildman–Crippen LogP) is 23.9. The molecule has 0 aromatic heterocycles. The van der Waals surface area contributed by atoms with Crippen molar-refractivity contribution in [1.29, 1.82) is 0 Å². The van der Waals surface area contributed by atoms with Gasteiger partial charge in [-0.15, -0.1) is 0 Å². The van der Waals surface area contributed by atoms with Crippen LogP contribution in [0.2, 0.25) is 0 Å². The van der Waals surface area contributed by atoms with Gasteiger partial charge in [0.25, 0.3) is 0 Å². The van der Waals surface area contributed by atoms with Crippen molar-refractivity contribution in [2.45, 2.75) is 315 Å². The van der Waals surface area contributed by atoms with Crippen LogP contribution >= 0.6 is 0 Å². The molecule has 132 heavy (non-hydrogen) atoms. The fraction of sp³-hybridized carbons (Fsp3) is 0.471. The van der Waals surface area contributed by atoms with E-state index in [0.717, 1.165) is 94.4 Å². The van der Waals surface area contributed by atoms with Crippen LogP contribution < -0.4 is 14.2 Å². The van der Waals surface area contributed by atoms with Gasteiger partial charge < -0.3 is 56.3 Å². The lowest BCUT2D eigenvalue weighted by molar-refractivity contribution is -0.337. The number of alkyl halides is 6. The highest BCUT2D eigenvalue weighted by Gasteiger charge is 2.51. The second kappa shape index (κ2) is 41.0. The molecule has 3 fully saturated rings. The van der Waals surface area contributed by atoms with Crippen molar-refractivity contribution in [3.8, 4) is 17.2 Å². The van der Waals surface area contributed by atoms with Gasteiger partial charge in [0.15, 0.2) is 110 Å². The van der Waals surface area contributed by atoms with Crippen molar-refractivity contribution in [1.82, 2.24) is 0 Å². The van der Waals surface area contributed by atoms with Crippen LogP contribution in [0.3, 0.4) is 0 Å². The fourth-order valence-electron chi connectivity index (χ4n) is 15.5. The van der Waals surface area contributed by atoms with E-state index in [1.165, 1.54) is 53.1 Å². The van der Waals surface area contributed by atoms with Crippen molar-refractivity contribution >= 4 is 63.0 Å². The van der Waals surface area contributed by atoms with Crippen LogP contribution in [-0.4, -0.2) is 111 Å². The Labute approximate surface area is 786 Å². The molecule has 0 bridgehead atoms. The summed E-state index contributed by atoms with van der Waals surface area (Å²) in [5.74, 6) is -1.55. The molecule has 0 saturated carbocycles. The third kappa shape index (κ3) is 25.3. The van der Waals surface area contributed by atoms with E-state index in [0.29, 0.717) is 31.0 Å². The minimum Gasteiger partial charge on any atom is -0.743 e. The van der Waals surface area contributed by atoms with Crippen molar-refractivity contribution in [3.05, 3.63) is 252 Å². The molecule has 0 radical (unpaired) electrons. The Bertz CT molecular complexity index is 5670. The highest BCUT2D eigenvalue weighted by molar-refractivity contribution is 7.97. The molecule has 3 saturated heterocycles. The van der Waals surface area contributed by atoms with Gasteiger partial charge >= 0.3 is 15.8 Å². The standard InChI is InChI=1S/C36H46F2O6S2.C35H44F2O6S2.C31H36F2O6S2/c1-23(2)32-22-33(24(3)4)44-35(9,43-32)27-12-18-30(19-13-27)45(29-16-10-26(11-17-29)34(6,7)8)31-20-14-28(15-21-31)42-25(5)36(37,38)46(39,40)41;1-23(2)31-33(7,8)22-41-34(9,43-31)26-12-18-29(19-13-26)44(28-16-10-25(11-17-28)32(4,5)6)30-20-14-27(15-21-30)42-24(3)35(36,37)45(38,39)40;1-21-19-20-37-30(6,39-21)24-9-15-27(16-10-24)40(26-13-7-23(8-14-26)29(3,4)5)28-17-11-25(12-18-28)38-22(2)31(32,33)41(34,35)36/h10-21,23-25,32-33H,22H2,1-9H3;10-21,23-24,31H,22H2,1-9H3;7-18,21-22H,19-20H2,1-6H3. The zero-order valence-electron chi connectivity index (χ0n) is 79.5. The van der Waals surface area contributed by atoms with Crippen LogP contribution in [0.4, 0.5) is 26.3 Å². The Balaban J connectivity index is 0.000000206. The molecule has 0 N–H and O–H groups in total. The molecule has 12 rings (SSSR count). The predicted molar refractivity (Wildman–Crippen MR) is 501 cm³/mol. The molecular formula is C102H126F6O18S6. The highest BCUT2D eigenvalue weighted by Crippen LogP contribution is 2.48. The Morgan fingerprint density at radius 3 is 0.803 bits per heavy atom. The van der Waals surface area contributed by atoms with Gasteiger partial charge in [-0.25, -0.2) is 25.3 Å². The largest absolute Gasteiger partial charge is 0.743 e. The molecular weight excluding hydrogens is 1820 g/mol. The Morgan fingerprint density at radius 2 is 0.576 bits per heavy atom. The Kier molecular flexibility index (Phi) is 33.1. The minimum atomic E-state index is -5.89. The zero-order valence-corrected chi connectivity index (χ0v) is 84.4. The first-order valence-corrected chi connectivity index (χ1v) is 51.9. The van der Waals surface area contributed by atoms with E-state index >= 15 is 0 Å². The molecule has 18 nitrogen and oxygen atoms in total. The van der Waals surface area contributed by atoms with Gasteiger partial charge in [0, 0.05) is 28.5 Å². The third-order valence-corrected chi connectivity index (χ3v) is 33.4. The second-order valence-electron chi connectivity index (χ2n) is 39.1. The van der Waals surface area contributed by atoms with E-state index in [4.69, 9.17) is 42.6 Å². The number of hydrogen-bond acceptors (Lipinski definition) is 18. The first kappa shape index (κ1) is 107. The van der Waals surface area contributed by atoms with Crippen LogP contribution in [0, 0.1) is 23.2 Å². The lowest BCUT2D eigenvalue weighted by atomic mass is 9.80. The third-order valence-electron chi connectivity index (χ3n) is 23.7. The average molecular weight is 1950 g/mol. The van der Waals surface area contributed by atoms with Gasteiger partial charge in [0.05, 0.1) is 70.3 Å². The van der Waals surface area contributed by atoms with E-state index in [1.807, 2.05) is 76.2 Å². The molecule has 12 atom stereocenters. The van der Waals surface area contributed by atoms with Crippen LogP contribution in [0.5, 0.6) is 17.2 Å². The average Bonchev–Trinajstić information content (AvgIpc) is 0.764. The SMILES string of the molecule is CC(C)C1CC(C(C)C)OC(C)(c2ccc([S+](c3ccc(OC(C)C(F)(F)S(=O)(=O)[O-])cc3)c3ccc(C(C)(C)C)cc3)cc2)O1.CC(C)C1OC(C)(c2ccc([S+](c3ccc(OC(C)C(F)(F)S(=O)(=O)[O-])cc3)c3ccc(C(C)(C)C)cc3)cc2)OCC1(C)C.CC1CCOC(C)(c2ccc([S+](c3ccc(OC(C)C(F)(F)S(=O)(=O)[O-])cc3)c3ccc(C(C)(C)C)cc3)cc2)O1. The topological polar surface area (TPSA) is 255 Å². The molecule has 3 aliphatic rings. The molecule has 3 heterocycles. The number of hydrogen-bond donors (Lipinski definition) is 0. The summed E-state index contributed by atoms with van der Waals surface area (Å²) in [6.45, 7) is 48.4. The van der Waals surface area contributed by atoms with E-state index in [9.17, 15) is 65.3 Å². The molecule has 0 aliphatic carbocycles. The number of halogens is 6. The maximum Gasteiger partial charge on any atom is 0.369 e. The van der Waals surface area contributed by atoms with Crippen LogP contribution in [-0.2, 0) is 125 Å². The van der Waals surface area contributed by atoms with Gasteiger partial charge in [0.2, 0.25) is 0 Å². The molecule has 9 aromatic rings. The molecule has 12 unspecified atom stereocenters. The van der Waals surface area contributed by atoms with Crippen molar-refractivity contribution in [2.75, 3.05) is 13.2 Å². The van der Waals surface area contributed by atoms with Gasteiger partial charge in [-0.1, -0.05) is 154 Å². The summed E-state index contributed by atoms with van der Waals surface area (Å²) in [6, 6.07) is 69.5. The summed E-state index contributed by atoms with van der Waals surface area (Å²) in [6.07, 6.45) is -4.55. The number of rotatable bonds is 27. The van der Waals surface area contributed by atoms with Gasteiger partial charge in [-0.2, -0.15) is 26.3 Å². The van der Waals surface area contributed by atoms with Crippen molar-refractivity contribution < 1.29 is 108 Å². The lowest BCUT2D eigenvalue weighted by Gasteiger charge is -2.49. The first-order valence-electron chi connectivity index (χ1n) is 44.0. The van der Waals surface area contributed by atoms with E-state index in [1.54, 1.807) is 36.4 Å². The maximum atomic E-state index is 14.1. The minimum absolute atomic E-state index is 0.0132.